The molecule has 0 bridgehead atoms. The van der Waals surface area contributed by atoms with Crippen LogP contribution < -0.4 is 10.6 Å². The Bertz CT molecular complexity index is 412. The van der Waals surface area contributed by atoms with Gasteiger partial charge in [0.15, 0.2) is 0 Å². The lowest BCUT2D eigenvalue weighted by Crippen LogP contribution is -2.45. The van der Waals surface area contributed by atoms with Crippen LogP contribution in [0.4, 0.5) is 0 Å². The molecule has 1 saturated heterocycles. The first-order chi connectivity index (χ1) is 8.16. The molecule has 0 saturated carbocycles. The van der Waals surface area contributed by atoms with Gasteiger partial charge in [-0.3, -0.25) is 4.79 Å². The SMILES string of the molecule is Cc1cc(C(=O)NC2CCCNC2)ccc1O. The Hall–Kier alpha value is -1.55. The summed E-state index contributed by atoms with van der Waals surface area (Å²) in [5.41, 5.74) is 1.32. The number of phenolic OH excluding ortho intramolecular Hbond substituents is 1. The van der Waals surface area contributed by atoms with E-state index in [1.54, 1.807) is 25.1 Å². The van der Waals surface area contributed by atoms with Gasteiger partial charge >= 0.3 is 0 Å². The first-order valence-electron chi connectivity index (χ1n) is 5.98. The van der Waals surface area contributed by atoms with Crippen molar-refractivity contribution < 1.29 is 9.90 Å². The fourth-order valence-electron chi connectivity index (χ4n) is 2.04. The van der Waals surface area contributed by atoms with E-state index in [4.69, 9.17) is 0 Å². The van der Waals surface area contributed by atoms with Gasteiger partial charge in [0.25, 0.3) is 5.91 Å². The smallest absolute Gasteiger partial charge is 0.251 e. The minimum absolute atomic E-state index is 0.0678. The van der Waals surface area contributed by atoms with Crippen LogP contribution in [0, 0.1) is 6.92 Å². The minimum atomic E-state index is -0.0678. The van der Waals surface area contributed by atoms with Crippen molar-refractivity contribution in [1.29, 1.82) is 0 Å². The van der Waals surface area contributed by atoms with E-state index in [2.05, 4.69) is 10.6 Å². The highest BCUT2D eigenvalue weighted by molar-refractivity contribution is 5.94. The summed E-state index contributed by atoms with van der Waals surface area (Å²) in [4.78, 5) is 12.0. The first kappa shape index (κ1) is 11.9. The van der Waals surface area contributed by atoms with Crippen LogP contribution in [-0.2, 0) is 0 Å². The van der Waals surface area contributed by atoms with Crippen molar-refractivity contribution in [2.24, 2.45) is 0 Å². The molecule has 1 aliphatic heterocycles. The van der Waals surface area contributed by atoms with Crippen LogP contribution >= 0.6 is 0 Å². The number of piperidine rings is 1. The number of carbonyl (C=O) groups is 1. The molecule has 1 atom stereocenters. The third-order valence-corrected chi connectivity index (χ3v) is 3.09. The number of hydrogen-bond acceptors (Lipinski definition) is 3. The zero-order valence-corrected chi connectivity index (χ0v) is 9.99. The fourth-order valence-corrected chi connectivity index (χ4v) is 2.04. The molecule has 92 valence electrons. The Morgan fingerprint density at radius 2 is 2.35 bits per heavy atom. The van der Waals surface area contributed by atoms with Gasteiger partial charge in [-0.15, -0.1) is 0 Å². The molecule has 0 radical (unpaired) electrons. The molecule has 1 aliphatic rings. The summed E-state index contributed by atoms with van der Waals surface area (Å²) in [5, 5.41) is 15.7. The maximum absolute atomic E-state index is 12.0. The van der Waals surface area contributed by atoms with Gasteiger partial charge in [0.2, 0.25) is 0 Å². The molecule has 1 amide bonds. The van der Waals surface area contributed by atoms with E-state index in [0.717, 1.165) is 31.5 Å². The van der Waals surface area contributed by atoms with Crippen LogP contribution in [0.5, 0.6) is 5.75 Å². The molecule has 1 aromatic rings. The van der Waals surface area contributed by atoms with Crippen molar-refractivity contribution in [1.82, 2.24) is 10.6 Å². The molecule has 0 aliphatic carbocycles. The third kappa shape index (κ3) is 2.97. The average Bonchev–Trinajstić information content (AvgIpc) is 2.34. The van der Waals surface area contributed by atoms with Crippen molar-refractivity contribution in [2.75, 3.05) is 13.1 Å². The Morgan fingerprint density at radius 3 is 3.00 bits per heavy atom. The molecule has 1 aromatic carbocycles. The lowest BCUT2D eigenvalue weighted by Gasteiger charge is -2.23. The molecule has 4 nitrogen and oxygen atoms in total. The number of phenols is 1. The molecule has 1 heterocycles. The average molecular weight is 234 g/mol. The summed E-state index contributed by atoms with van der Waals surface area (Å²) in [5.74, 6) is 0.155. The minimum Gasteiger partial charge on any atom is -0.508 e. The van der Waals surface area contributed by atoms with Crippen molar-refractivity contribution >= 4 is 5.91 Å². The molecular formula is C13H18N2O2. The van der Waals surface area contributed by atoms with Crippen molar-refractivity contribution in [2.45, 2.75) is 25.8 Å². The third-order valence-electron chi connectivity index (χ3n) is 3.09. The number of rotatable bonds is 2. The Kier molecular flexibility index (Phi) is 3.64. The van der Waals surface area contributed by atoms with Gasteiger partial charge in [-0.05, 0) is 50.1 Å². The van der Waals surface area contributed by atoms with E-state index in [-0.39, 0.29) is 17.7 Å². The van der Waals surface area contributed by atoms with Crippen molar-refractivity contribution in [3.05, 3.63) is 29.3 Å². The van der Waals surface area contributed by atoms with Crippen LogP contribution in [0.3, 0.4) is 0 Å². The topological polar surface area (TPSA) is 61.4 Å². The molecule has 1 unspecified atom stereocenters. The summed E-state index contributed by atoms with van der Waals surface area (Å²) < 4.78 is 0. The van der Waals surface area contributed by atoms with E-state index < -0.39 is 0 Å². The zero-order valence-electron chi connectivity index (χ0n) is 9.99. The van der Waals surface area contributed by atoms with Gasteiger partial charge in [-0.2, -0.15) is 0 Å². The van der Waals surface area contributed by atoms with Gasteiger partial charge in [0.05, 0.1) is 0 Å². The number of aromatic hydroxyl groups is 1. The van der Waals surface area contributed by atoms with Crippen LogP contribution in [0.2, 0.25) is 0 Å². The highest BCUT2D eigenvalue weighted by atomic mass is 16.3. The quantitative estimate of drug-likeness (QED) is 0.720. The molecule has 0 spiro atoms. The monoisotopic (exact) mass is 234 g/mol. The lowest BCUT2D eigenvalue weighted by atomic mass is 10.1. The normalized spacial score (nSPS) is 19.9. The van der Waals surface area contributed by atoms with Crippen LogP contribution in [0.25, 0.3) is 0 Å². The van der Waals surface area contributed by atoms with E-state index in [1.807, 2.05) is 0 Å². The fraction of sp³-hybridized carbons (Fsp3) is 0.462. The highest BCUT2D eigenvalue weighted by Crippen LogP contribution is 2.17. The molecule has 2 rings (SSSR count). The van der Waals surface area contributed by atoms with Crippen molar-refractivity contribution in [3.8, 4) is 5.75 Å². The van der Waals surface area contributed by atoms with Crippen molar-refractivity contribution in [3.63, 3.8) is 0 Å². The first-order valence-corrected chi connectivity index (χ1v) is 5.98. The summed E-state index contributed by atoms with van der Waals surface area (Å²) >= 11 is 0. The maximum atomic E-state index is 12.0. The summed E-state index contributed by atoms with van der Waals surface area (Å²) in [6, 6.07) is 5.13. The lowest BCUT2D eigenvalue weighted by molar-refractivity contribution is 0.0930. The molecule has 0 aromatic heterocycles. The summed E-state index contributed by atoms with van der Waals surface area (Å²) in [7, 11) is 0. The number of aryl methyl sites for hydroxylation is 1. The number of hydrogen-bond donors (Lipinski definition) is 3. The van der Waals surface area contributed by atoms with E-state index in [1.165, 1.54) is 0 Å². The number of amides is 1. The molecule has 3 N–H and O–H groups in total. The standard InChI is InChI=1S/C13H18N2O2/c1-9-7-10(4-5-12(9)16)13(17)15-11-3-2-6-14-8-11/h4-5,7,11,14,16H,2-3,6,8H2,1H3,(H,15,17). The predicted molar refractivity (Wildman–Crippen MR) is 66.2 cm³/mol. The zero-order chi connectivity index (χ0) is 12.3. The maximum Gasteiger partial charge on any atom is 0.251 e. The molecular weight excluding hydrogens is 216 g/mol. The second-order valence-electron chi connectivity index (χ2n) is 4.52. The number of carbonyl (C=O) groups excluding carboxylic acids is 1. The van der Waals surface area contributed by atoms with Gasteiger partial charge in [0, 0.05) is 18.2 Å². The largest absolute Gasteiger partial charge is 0.508 e. The highest BCUT2D eigenvalue weighted by Gasteiger charge is 2.16. The Labute approximate surface area is 101 Å². The second-order valence-corrected chi connectivity index (χ2v) is 4.52. The van der Waals surface area contributed by atoms with E-state index in [0.29, 0.717) is 5.56 Å². The summed E-state index contributed by atoms with van der Waals surface area (Å²) in [6.45, 7) is 3.65. The Morgan fingerprint density at radius 1 is 1.53 bits per heavy atom. The van der Waals surface area contributed by atoms with Gasteiger partial charge in [-0.25, -0.2) is 0 Å². The van der Waals surface area contributed by atoms with Crippen LogP contribution in [0.1, 0.15) is 28.8 Å². The summed E-state index contributed by atoms with van der Waals surface area (Å²) in [6.07, 6.45) is 2.12. The van der Waals surface area contributed by atoms with Crippen LogP contribution in [0.15, 0.2) is 18.2 Å². The van der Waals surface area contributed by atoms with Crippen LogP contribution in [-0.4, -0.2) is 30.1 Å². The Balaban J connectivity index is 2.01. The van der Waals surface area contributed by atoms with E-state index in [9.17, 15) is 9.90 Å². The van der Waals surface area contributed by atoms with E-state index >= 15 is 0 Å². The number of benzene rings is 1. The molecule has 17 heavy (non-hydrogen) atoms. The molecule has 4 heteroatoms. The van der Waals surface area contributed by atoms with Gasteiger partial charge < -0.3 is 15.7 Å². The molecule has 1 fully saturated rings. The second kappa shape index (κ2) is 5.19. The van der Waals surface area contributed by atoms with Gasteiger partial charge in [0.1, 0.15) is 5.75 Å². The van der Waals surface area contributed by atoms with Gasteiger partial charge in [-0.1, -0.05) is 0 Å². The number of nitrogens with one attached hydrogen (secondary N) is 2. The predicted octanol–water partition coefficient (Wildman–Crippen LogP) is 1.18.